The van der Waals surface area contributed by atoms with Crippen molar-refractivity contribution < 1.29 is 56.1 Å². The Morgan fingerprint density at radius 2 is 1.90 bits per heavy atom. The van der Waals surface area contributed by atoms with Gasteiger partial charge < -0.3 is 38.8 Å². The zero-order valence-electron chi connectivity index (χ0n) is 32.9. The second kappa shape index (κ2) is 16.1. The molecule has 1 aromatic heterocycles. The number of sulfonamides is 1. The molecule has 4 amide bonds. The van der Waals surface area contributed by atoms with Gasteiger partial charge in [-0.2, -0.15) is 0 Å². The van der Waals surface area contributed by atoms with Gasteiger partial charge in [0, 0.05) is 30.3 Å². The normalized spacial score (nSPS) is 26.9. The highest BCUT2D eigenvalue weighted by molar-refractivity contribution is 7.91. The first-order valence-electron chi connectivity index (χ1n) is 19.4. The average Bonchev–Trinajstić information content (AvgIpc) is 4.03. The molecule has 2 aromatic rings. The van der Waals surface area contributed by atoms with E-state index in [1.54, 1.807) is 31.5 Å². The molecule has 2 bridgehead atoms. The SMILES string of the molecule is C=C[C@@H]1C[C@]1(NC(=O)[C@@H]1C[C@@H](Oc2nccc3cc(OC)ccc23)CN1C(=O)[C@H](CC(=O)N1C[C@@H]2C[C@H]1C(=O)O2)NCOCOC(C)(C)C)C(=O)NS(=O)(=O)C1CC1. The van der Waals surface area contributed by atoms with Gasteiger partial charge in [0.15, 0.2) is 0 Å². The van der Waals surface area contributed by atoms with Gasteiger partial charge in [-0.05, 0) is 69.7 Å². The Kier molecular flexibility index (Phi) is 11.4. The van der Waals surface area contributed by atoms with E-state index in [-0.39, 0.29) is 51.8 Å². The van der Waals surface area contributed by atoms with E-state index in [9.17, 15) is 32.4 Å². The van der Waals surface area contributed by atoms with E-state index < -0.39 is 92.3 Å². The van der Waals surface area contributed by atoms with Crippen LogP contribution in [0.3, 0.4) is 0 Å². The van der Waals surface area contributed by atoms with Crippen molar-refractivity contribution >= 4 is 50.4 Å². The second-order valence-electron chi connectivity index (χ2n) is 16.4. The number of hydrogen-bond acceptors (Lipinski definition) is 14. The molecule has 314 valence electrons. The molecule has 5 aliphatic rings. The lowest BCUT2D eigenvalue weighted by molar-refractivity contribution is -0.158. The minimum atomic E-state index is -3.94. The Balaban J connectivity index is 1.15. The molecule has 2 saturated carbocycles. The highest BCUT2D eigenvalue weighted by Gasteiger charge is 2.62. The molecule has 19 heteroatoms. The number of nitrogens with one attached hydrogen (secondary N) is 3. The monoisotopic (exact) mass is 826 g/mol. The Morgan fingerprint density at radius 1 is 1.12 bits per heavy atom. The van der Waals surface area contributed by atoms with Crippen LogP contribution in [-0.2, 0) is 48.2 Å². The van der Waals surface area contributed by atoms with E-state index >= 15 is 0 Å². The molecule has 1 aromatic carbocycles. The molecule has 0 spiro atoms. The smallest absolute Gasteiger partial charge is 0.329 e. The van der Waals surface area contributed by atoms with E-state index in [2.05, 4.69) is 26.9 Å². The number of esters is 1. The predicted octanol–water partition coefficient (Wildman–Crippen LogP) is 0.882. The summed E-state index contributed by atoms with van der Waals surface area (Å²) in [6, 6.07) is 3.93. The van der Waals surface area contributed by atoms with Crippen molar-refractivity contribution in [1.82, 2.24) is 30.1 Å². The van der Waals surface area contributed by atoms with Crippen molar-refractivity contribution in [2.45, 2.75) is 106 Å². The molecule has 2 aliphatic carbocycles. The fourth-order valence-electron chi connectivity index (χ4n) is 7.68. The van der Waals surface area contributed by atoms with Gasteiger partial charge in [0.1, 0.15) is 49.1 Å². The van der Waals surface area contributed by atoms with Gasteiger partial charge in [-0.25, -0.2) is 18.2 Å². The molecule has 3 saturated heterocycles. The molecule has 3 aliphatic heterocycles. The number of rotatable bonds is 17. The second-order valence-corrected chi connectivity index (χ2v) is 18.4. The fraction of sp³-hybridized carbons (Fsp3) is 0.590. The molecule has 5 fully saturated rings. The van der Waals surface area contributed by atoms with Crippen molar-refractivity contribution in [3.63, 3.8) is 0 Å². The number of hydrogen-bond donors (Lipinski definition) is 3. The van der Waals surface area contributed by atoms with Crippen LogP contribution in [0.1, 0.15) is 59.3 Å². The van der Waals surface area contributed by atoms with Crippen molar-refractivity contribution in [2.75, 3.05) is 33.7 Å². The van der Waals surface area contributed by atoms with Crippen LogP contribution in [0.5, 0.6) is 11.6 Å². The number of aromatic nitrogens is 1. The third-order valence-electron chi connectivity index (χ3n) is 11.1. The van der Waals surface area contributed by atoms with E-state index in [4.69, 9.17) is 23.7 Å². The Labute approximate surface area is 336 Å². The van der Waals surface area contributed by atoms with Crippen LogP contribution in [0.15, 0.2) is 43.1 Å². The summed E-state index contributed by atoms with van der Waals surface area (Å²) in [5.41, 5.74) is -2.11. The predicted molar refractivity (Wildman–Crippen MR) is 205 cm³/mol. The lowest BCUT2D eigenvalue weighted by Crippen LogP contribution is -2.58. The van der Waals surface area contributed by atoms with Crippen LogP contribution >= 0.6 is 0 Å². The fourth-order valence-corrected chi connectivity index (χ4v) is 9.05. The quantitative estimate of drug-likeness (QED) is 0.0873. The van der Waals surface area contributed by atoms with Crippen LogP contribution in [0.2, 0.25) is 0 Å². The van der Waals surface area contributed by atoms with Gasteiger partial charge in [0.25, 0.3) is 5.91 Å². The summed E-state index contributed by atoms with van der Waals surface area (Å²) in [5.74, 6) is -2.91. The van der Waals surface area contributed by atoms with Crippen molar-refractivity contribution in [2.24, 2.45) is 5.92 Å². The van der Waals surface area contributed by atoms with Crippen molar-refractivity contribution in [3.05, 3.63) is 43.1 Å². The van der Waals surface area contributed by atoms with Crippen molar-refractivity contribution in [3.8, 4) is 11.6 Å². The number of likely N-dealkylation sites (tertiary alicyclic amines) is 2. The number of amides is 4. The number of ether oxygens (including phenoxy) is 5. The number of pyridine rings is 1. The molecule has 18 nitrogen and oxygen atoms in total. The molecule has 0 unspecified atom stereocenters. The third-order valence-corrected chi connectivity index (χ3v) is 13.0. The summed E-state index contributed by atoms with van der Waals surface area (Å²) in [4.78, 5) is 75.9. The van der Waals surface area contributed by atoms with Gasteiger partial charge in [-0.15, -0.1) is 6.58 Å². The Hall–Kier alpha value is -4.85. The van der Waals surface area contributed by atoms with Crippen LogP contribution in [-0.4, -0.2) is 133 Å². The summed E-state index contributed by atoms with van der Waals surface area (Å²) in [7, 11) is -2.39. The molecule has 58 heavy (non-hydrogen) atoms. The van der Waals surface area contributed by atoms with E-state index in [0.29, 0.717) is 30.4 Å². The maximum atomic E-state index is 14.7. The highest BCUT2D eigenvalue weighted by atomic mass is 32.2. The topological polar surface area (TPSA) is 221 Å². The average molecular weight is 827 g/mol. The number of benzene rings is 1. The van der Waals surface area contributed by atoms with Crippen LogP contribution in [0.4, 0.5) is 0 Å². The third kappa shape index (κ3) is 8.76. The zero-order valence-corrected chi connectivity index (χ0v) is 33.7. The maximum Gasteiger partial charge on any atom is 0.329 e. The van der Waals surface area contributed by atoms with Gasteiger partial charge in [-0.3, -0.25) is 29.2 Å². The molecule has 4 heterocycles. The number of nitrogens with zero attached hydrogens (tertiary/aromatic N) is 3. The van der Waals surface area contributed by atoms with Crippen LogP contribution < -0.4 is 24.8 Å². The molecule has 7 rings (SSSR count). The van der Waals surface area contributed by atoms with E-state index in [1.165, 1.54) is 15.9 Å². The number of carbonyl (C=O) groups excluding carboxylic acids is 5. The summed E-state index contributed by atoms with van der Waals surface area (Å²) >= 11 is 0. The first-order valence-corrected chi connectivity index (χ1v) is 20.9. The lowest BCUT2D eigenvalue weighted by atomic mass is 10.1. The standard InChI is InChI=1S/C39H50N6O12S/c1-6-23-17-39(23,37(50)43-58(51,52)27-8-9-27)42-33(47)30-14-25(56-34-28-10-7-24(53-5)13-22(28)11-12-40-34)19-45(30)35(48)29(41-20-54-21-55-38(2,3)4)16-32(46)44-18-26-15-31(44)36(49)57-26/h6-7,10-13,23,25-27,29-31,41H,1,8-9,14-21H2,2-5H3,(H,42,47)(H,43,50)/t23-,25-,26+,29+,30+,31+,39-/m1/s1. The minimum Gasteiger partial charge on any atom is -0.497 e. The summed E-state index contributed by atoms with van der Waals surface area (Å²) < 4.78 is 55.9. The number of carbonyl (C=O) groups is 5. The zero-order chi connectivity index (χ0) is 41.6. The Morgan fingerprint density at radius 3 is 2.55 bits per heavy atom. The molecule has 3 N–H and O–H groups in total. The number of fused-ring (bicyclic) bond motifs is 3. The van der Waals surface area contributed by atoms with E-state index in [1.807, 2.05) is 26.8 Å². The van der Waals surface area contributed by atoms with Crippen LogP contribution in [0, 0.1) is 5.92 Å². The largest absolute Gasteiger partial charge is 0.497 e. The Bertz CT molecular complexity index is 2090. The van der Waals surface area contributed by atoms with E-state index in [0.717, 1.165) is 5.39 Å². The first-order chi connectivity index (χ1) is 27.5. The number of methoxy groups -OCH3 is 1. The molecule has 7 atom stereocenters. The lowest BCUT2D eigenvalue weighted by Gasteiger charge is -2.31. The minimum absolute atomic E-state index is 0.0407. The summed E-state index contributed by atoms with van der Waals surface area (Å²) in [6.07, 6.45) is 2.75. The maximum absolute atomic E-state index is 14.7. The molecule has 0 radical (unpaired) electrons. The molecular formula is C39H50N6O12S. The number of morpholine rings is 1. The van der Waals surface area contributed by atoms with Crippen molar-refractivity contribution in [1.29, 1.82) is 0 Å². The van der Waals surface area contributed by atoms with Gasteiger partial charge in [0.05, 0.1) is 43.5 Å². The van der Waals surface area contributed by atoms with Gasteiger partial charge in [0.2, 0.25) is 33.6 Å². The first kappa shape index (κ1) is 41.3. The van der Waals surface area contributed by atoms with Gasteiger partial charge in [-0.1, -0.05) is 6.08 Å². The summed E-state index contributed by atoms with van der Waals surface area (Å²) in [5, 5.41) is 6.53. The van der Waals surface area contributed by atoms with Crippen LogP contribution in [0.25, 0.3) is 10.8 Å². The molecular weight excluding hydrogens is 777 g/mol. The van der Waals surface area contributed by atoms with Gasteiger partial charge >= 0.3 is 5.97 Å². The highest BCUT2D eigenvalue weighted by Crippen LogP contribution is 2.45. The summed E-state index contributed by atoms with van der Waals surface area (Å²) in [6.45, 7) is 9.08.